The molecule has 254 valence electrons. The minimum atomic E-state index is -0.472. The molecule has 0 aliphatic rings. The summed E-state index contributed by atoms with van der Waals surface area (Å²) in [6, 6.07) is 0. The zero-order chi connectivity index (χ0) is 30.3. The molecule has 42 heavy (non-hydrogen) atoms. The highest BCUT2D eigenvalue weighted by Gasteiger charge is 1.96. The van der Waals surface area contributed by atoms with Gasteiger partial charge in [-0.15, -0.1) is 0 Å². The van der Waals surface area contributed by atoms with Crippen LogP contribution in [-0.2, 0) is 52.1 Å². The maximum Gasteiger partial charge on any atom is 0.113 e. The van der Waals surface area contributed by atoms with Gasteiger partial charge in [-0.25, -0.2) is 4.39 Å². The number of rotatable bonds is 39. The van der Waals surface area contributed by atoms with Crippen molar-refractivity contribution >= 4 is 0 Å². The summed E-state index contributed by atoms with van der Waals surface area (Å²) in [6.45, 7) is 13.0. The lowest BCUT2D eigenvalue weighted by atomic mass is 10.1. The lowest BCUT2D eigenvalue weighted by Crippen LogP contribution is -2.15. The quantitative estimate of drug-likeness (QED) is 0.0949. The van der Waals surface area contributed by atoms with Crippen LogP contribution < -0.4 is 0 Å². The van der Waals surface area contributed by atoms with E-state index in [9.17, 15) is 4.39 Å². The van der Waals surface area contributed by atoms with Crippen LogP contribution in [0, 0.1) is 0 Å². The first kappa shape index (κ1) is 41.5. The zero-order valence-electron chi connectivity index (χ0n) is 26.4. The largest absolute Gasteiger partial charge is 0.379 e. The third-order valence-corrected chi connectivity index (χ3v) is 5.58. The van der Waals surface area contributed by atoms with Gasteiger partial charge < -0.3 is 52.1 Å². The van der Waals surface area contributed by atoms with Crippen LogP contribution >= 0.6 is 0 Å². The standard InChI is InChI=1S/C30H61FO11/c1-2-3-4-5-6-7-9-32-11-13-34-15-17-36-19-21-38-23-25-40-27-29-42-30-28-41-26-24-39-22-20-37-18-16-35-14-12-33-10-8-31/h2-30H2,1H3. The van der Waals surface area contributed by atoms with Gasteiger partial charge in [0.2, 0.25) is 0 Å². The van der Waals surface area contributed by atoms with Crippen LogP contribution in [-0.4, -0.2) is 152 Å². The van der Waals surface area contributed by atoms with Crippen molar-refractivity contribution in [2.75, 3.05) is 152 Å². The van der Waals surface area contributed by atoms with E-state index in [1.807, 2.05) is 0 Å². The Balaban J connectivity index is 3.02. The summed E-state index contributed by atoms with van der Waals surface area (Å²) in [7, 11) is 0. The Morgan fingerprint density at radius 2 is 0.476 bits per heavy atom. The Morgan fingerprint density at radius 1 is 0.262 bits per heavy atom. The van der Waals surface area contributed by atoms with Crippen molar-refractivity contribution in [3.63, 3.8) is 0 Å². The second-order valence-corrected chi connectivity index (χ2v) is 9.19. The lowest BCUT2D eigenvalue weighted by molar-refractivity contribution is -0.0276. The maximum atomic E-state index is 11.8. The van der Waals surface area contributed by atoms with Gasteiger partial charge >= 0.3 is 0 Å². The van der Waals surface area contributed by atoms with Crippen LogP contribution in [0.15, 0.2) is 0 Å². The first-order chi connectivity index (χ1) is 20.9. The third kappa shape index (κ3) is 39.5. The predicted octanol–water partition coefficient (Wildman–Crippen LogP) is 3.50. The van der Waals surface area contributed by atoms with Crippen LogP contribution in [0.1, 0.15) is 45.4 Å². The Bertz CT molecular complexity index is 427. The van der Waals surface area contributed by atoms with Gasteiger partial charge in [0.05, 0.1) is 139 Å². The molecular weight excluding hydrogens is 555 g/mol. The fourth-order valence-corrected chi connectivity index (χ4v) is 3.34. The average molecular weight is 617 g/mol. The molecule has 0 heterocycles. The number of halogens is 1. The molecule has 0 N–H and O–H groups in total. The summed E-state index contributed by atoms with van der Waals surface area (Å²) >= 11 is 0. The first-order valence-electron chi connectivity index (χ1n) is 15.8. The molecule has 0 spiro atoms. The highest BCUT2D eigenvalue weighted by molar-refractivity contribution is 4.44. The van der Waals surface area contributed by atoms with Gasteiger partial charge in [-0.1, -0.05) is 39.0 Å². The molecule has 0 aromatic heterocycles. The van der Waals surface area contributed by atoms with E-state index in [4.69, 9.17) is 52.1 Å². The van der Waals surface area contributed by atoms with Gasteiger partial charge in [-0.3, -0.25) is 0 Å². The van der Waals surface area contributed by atoms with Crippen molar-refractivity contribution in [3.05, 3.63) is 0 Å². The fourth-order valence-electron chi connectivity index (χ4n) is 3.34. The minimum Gasteiger partial charge on any atom is -0.379 e. The van der Waals surface area contributed by atoms with E-state index in [0.717, 1.165) is 13.0 Å². The van der Waals surface area contributed by atoms with E-state index in [1.54, 1.807) is 0 Å². The zero-order valence-corrected chi connectivity index (χ0v) is 26.4. The highest BCUT2D eigenvalue weighted by Crippen LogP contribution is 2.04. The molecule has 12 heteroatoms. The molecule has 0 radical (unpaired) electrons. The van der Waals surface area contributed by atoms with Gasteiger partial charge in [-0.2, -0.15) is 0 Å². The molecule has 0 aliphatic carbocycles. The van der Waals surface area contributed by atoms with Crippen molar-refractivity contribution in [1.29, 1.82) is 0 Å². The van der Waals surface area contributed by atoms with Crippen molar-refractivity contribution in [1.82, 2.24) is 0 Å². The highest BCUT2D eigenvalue weighted by atomic mass is 19.1. The lowest BCUT2D eigenvalue weighted by Gasteiger charge is -2.09. The van der Waals surface area contributed by atoms with E-state index in [2.05, 4.69) is 6.92 Å². The summed E-state index contributed by atoms with van der Waals surface area (Å²) in [5.74, 6) is 0. The third-order valence-electron chi connectivity index (χ3n) is 5.58. The van der Waals surface area contributed by atoms with Crippen LogP contribution in [0.5, 0.6) is 0 Å². The van der Waals surface area contributed by atoms with Gasteiger partial charge in [0.15, 0.2) is 0 Å². The maximum absolute atomic E-state index is 11.8. The van der Waals surface area contributed by atoms with Gasteiger partial charge in [0.1, 0.15) is 6.67 Å². The molecule has 11 nitrogen and oxygen atoms in total. The predicted molar refractivity (Wildman–Crippen MR) is 158 cm³/mol. The van der Waals surface area contributed by atoms with Crippen LogP contribution in [0.25, 0.3) is 0 Å². The second-order valence-electron chi connectivity index (χ2n) is 9.19. The molecule has 0 fully saturated rings. The topological polar surface area (TPSA) is 102 Å². The van der Waals surface area contributed by atoms with E-state index < -0.39 is 6.67 Å². The molecule has 0 aromatic rings. The average Bonchev–Trinajstić information content (AvgIpc) is 3.00. The first-order valence-corrected chi connectivity index (χ1v) is 15.8. The Hall–Kier alpha value is -0.510. The molecule has 0 amide bonds. The summed E-state index contributed by atoms with van der Waals surface area (Å²) in [6.07, 6.45) is 7.67. The van der Waals surface area contributed by atoms with Gasteiger partial charge in [0, 0.05) is 6.61 Å². The van der Waals surface area contributed by atoms with Crippen LogP contribution in [0.4, 0.5) is 4.39 Å². The fraction of sp³-hybridized carbons (Fsp3) is 1.00. The summed E-state index contributed by atoms with van der Waals surface area (Å²) in [4.78, 5) is 0. The van der Waals surface area contributed by atoms with Crippen molar-refractivity contribution in [2.45, 2.75) is 45.4 Å². The Kier molecular flexibility index (Phi) is 40.0. The molecule has 0 rings (SSSR count). The molecule has 0 atom stereocenters. The van der Waals surface area contributed by atoms with E-state index in [-0.39, 0.29) is 6.61 Å². The number of ether oxygens (including phenoxy) is 11. The molecule has 0 aliphatic heterocycles. The SMILES string of the molecule is CCCCCCCCOCCOCCOCCOCCOCCOCCOCCOCCOCCOCCOCCF. The second kappa shape index (κ2) is 40.5. The molecule has 0 saturated heterocycles. The van der Waals surface area contributed by atoms with Gasteiger partial charge in [-0.05, 0) is 6.42 Å². The summed E-state index contributed by atoms with van der Waals surface area (Å²) in [5, 5.41) is 0. The molecule has 0 bridgehead atoms. The van der Waals surface area contributed by atoms with E-state index in [1.165, 1.54) is 32.1 Å². The summed E-state index contributed by atoms with van der Waals surface area (Å²) in [5.41, 5.74) is 0. The molecular formula is C30H61FO11. The van der Waals surface area contributed by atoms with E-state index >= 15 is 0 Å². The van der Waals surface area contributed by atoms with Crippen molar-refractivity contribution < 1.29 is 56.5 Å². The Labute approximate surface area is 254 Å². The minimum absolute atomic E-state index is 0.116. The number of unbranched alkanes of at least 4 members (excludes halogenated alkanes) is 5. The smallest absolute Gasteiger partial charge is 0.113 e. The normalized spacial score (nSPS) is 11.6. The number of hydrogen-bond acceptors (Lipinski definition) is 11. The number of alkyl halides is 1. The molecule has 0 unspecified atom stereocenters. The van der Waals surface area contributed by atoms with Crippen LogP contribution in [0.2, 0.25) is 0 Å². The van der Waals surface area contributed by atoms with Gasteiger partial charge in [0.25, 0.3) is 0 Å². The molecule has 0 aromatic carbocycles. The van der Waals surface area contributed by atoms with Crippen molar-refractivity contribution in [3.8, 4) is 0 Å². The summed E-state index contributed by atoms with van der Waals surface area (Å²) < 4.78 is 71.3. The van der Waals surface area contributed by atoms with E-state index in [0.29, 0.717) is 132 Å². The monoisotopic (exact) mass is 616 g/mol. The number of hydrogen-bond donors (Lipinski definition) is 0. The molecule has 0 saturated carbocycles. The van der Waals surface area contributed by atoms with Crippen LogP contribution in [0.3, 0.4) is 0 Å². The Morgan fingerprint density at radius 3 is 0.738 bits per heavy atom. The van der Waals surface area contributed by atoms with Crippen molar-refractivity contribution in [2.24, 2.45) is 0 Å².